The molecule has 15 heavy (non-hydrogen) atoms. The van der Waals surface area contributed by atoms with Crippen molar-refractivity contribution in [1.29, 1.82) is 0 Å². The number of aromatic nitrogens is 1. The van der Waals surface area contributed by atoms with Gasteiger partial charge in [-0.3, -0.25) is 0 Å². The summed E-state index contributed by atoms with van der Waals surface area (Å²) in [5, 5.41) is 10.4. The van der Waals surface area contributed by atoms with Gasteiger partial charge in [0.15, 0.2) is 0 Å². The molecule has 1 N–H and O–H groups in total. The van der Waals surface area contributed by atoms with Gasteiger partial charge < -0.3 is 5.11 Å². The number of aliphatic hydroxyl groups is 1. The number of hydrogen-bond acceptors (Lipinski definition) is 3. The second-order valence-corrected chi connectivity index (χ2v) is 5.25. The van der Waals surface area contributed by atoms with Crippen LogP contribution in [0, 0.1) is 5.92 Å². The standard InChI is InChI=1S/C12H19NOS/c1-9(2)5-7-15-12-8-11(10(3)14)4-6-13-12/h4,6,8-10,14H,5,7H2,1-3H3. The van der Waals surface area contributed by atoms with E-state index < -0.39 is 6.10 Å². The molecule has 3 heteroatoms. The monoisotopic (exact) mass is 225 g/mol. The van der Waals surface area contributed by atoms with Gasteiger partial charge in [-0.05, 0) is 42.7 Å². The van der Waals surface area contributed by atoms with Crippen LogP contribution < -0.4 is 0 Å². The average molecular weight is 225 g/mol. The third-order valence-electron chi connectivity index (χ3n) is 2.19. The quantitative estimate of drug-likeness (QED) is 0.781. The molecule has 0 saturated carbocycles. The summed E-state index contributed by atoms with van der Waals surface area (Å²) in [5.74, 6) is 1.82. The van der Waals surface area contributed by atoms with Crippen LogP contribution in [0.15, 0.2) is 23.4 Å². The second-order valence-electron chi connectivity index (χ2n) is 4.13. The van der Waals surface area contributed by atoms with Crippen molar-refractivity contribution >= 4 is 11.8 Å². The van der Waals surface area contributed by atoms with Crippen LogP contribution >= 0.6 is 11.8 Å². The zero-order valence-corrected chi connectivity index (χ0v) is 10.4. The van der Waals surface area contributed by atoms with Gasteiger partial charge in [-0.1, -0.05) is 13.8 Å². The Morgan fingerprint density at radius 1 is 1.40 bits per heavy atom. The van der Waals surface area contributed by atoms with Gasteiger partial charge in [0.05, 0.1) is 11.1 Å². The number of nitrogens with zero attached hydrogens (tertiary/aromatic N) is 1. The normalized spacial score (nSPS) is 13.1. The molecule has 0 spiro atoms. The zero-order chi connectivity index (χ0) is 11.3. The molecule has 0 saturated heterocycles. The van der Waals surface area contributed by atoms with Crippen LogP contribution in [0.5, 0.6) is 0 Å². The van der Waals surface area contributed by atoms with E-state index in [-0.39, 0.29) is 0 Å². The van der Waals surface area contributed by atoms with Crippen LogP contribution in [0.2, 0.25) is 0 Å². The van der Waals surface area contributed by atoms with E-state index in [1.165, 1.54) is 6.42 Å². The molecule has 1 atom stereocenters. The summed E-state index contributed by atoms with van der Waals surface area (Å²) >= 11 is 1.76. The fourth-order valence-electron chi connectivity index (χ4n) is 1.16. The first-order chi connectivity index (χ1) is 7.09. The summed E-state index contributed by atoms with van der Waals surface area (Å²) in [7, 11) is 0. The third kappa shape index (κ3) is 4.67. The minimum Gasteiger partial charge on any atom is -0.389 e. The van der Waals surface area contributed by atoms with Gasteiger partial charge >= 0.3 is 0 Å². The van der Waals surface area contributed by atoms with E-state index in [1.807, 2.05) is 12.1 Å². The molecule has 1 aromatic rings. The van der Waals surface area contributed by atoms with Crippen LogP contribution in [0.25, 0.3) is 0 Å². The maximum Gasteiger partial charge on any atom is 0.0963 e. The summed E-state index contributed by atoms with van der Waals surface area (Å²) in [4.78, 5) is 4.27. The fraction of sp³-hybridized carbons (Fsp3) is 0.583. The second kappa shape index (κ2) is 6.13. The number of rotatable bonds is 5. The Morgan fingerprint density at radius 3 is 2.73 bits per heavy atom. The van der Waals surface area contributed by atoms with Crippen LogP contribution in [-0.4, -0.2) is 15.8 Å². The van der Waals surface area contributed by atoms with Gasteiger partial charge in [-0.15, -0.1) is 11.8 Å². The van der Waals surface area contributed by atoms with Crippen LogP contribution in [0.4, 0.5) is 0 Å². The number of hydrogen-bond donors (Lipinski definition) is 1. The number of pyridine rings is 1. The van der Waals surface area contributed by atoms with Gasteiger partial charge in [0, 0.05) is 6.20 Å². The Kier molecular flexibility index (Phi) is 5.12. The topological polar surface area (TPSA) is 33.1 Å². The Hall–Kier alpha value is -0.540. The van der Waals surface area contributed by atoms with Crippen molar-refractivity contribution < 1.29 is 5.11 Å². The van der Waals surface area contributed by atoms with Crippen molar-refractivity contribution in [3.05, 3.63) is 23.9 Å². The Morgan fingerprint density at radius 2 is 2.13 bits per heavy atom. The van der Waals surface area contributed by atoms with E-state index in [0.29, 0.717) is 0 Å². The molecular weight excluding hydrogens is 206 g/mol. The highest BCUT2D eigenvalue weighted by Gasteiger charge is 2.03. The third-order valence-corrected chi connectivity index (χ3v) is 3.15. The van der Waals surface area contributed by atoms with E-state index in [2.05, 4.69) is 18.8 Å². The summed E-state index contributed by atoms with van der Waals surface area (Å²) in [5.41, 5.74) is 0.942. The van der Waals surface area contributed by atoms with Crippen molar-refractivity contribution in [3.63, 3.8) is 0 Å². The molecular formula is C12H19NOS. The van der Waals surface area contributed by atoms with Gasteiger partial charge in [0.1, 0.15) is 0 Å². The molecule has 1 rings (SSSR count). The van der Waals surface area contributed by atoms with Crippen molar-refractivity contribution in [2.75, 3.05) is 5.75 Å². The first-order valence-electron chi connectivity index (χ1n) is 5.36. The molecule has 2 nitrogen and oxygen atoms in total. The lowest BCUT2D eigenvalue weighted by Crippen LogP contribution is -1.94. The highest BCUT2D eigenvalue weighted by atomic mass is 32.2. The maximum atomic E-state index is 9.42. The van der Waals surface area contributed by atoms with Crippen LogP contribution in [0.3, 0.4) is 0 Å². The molecule has 0 aliphatic rings. The highest BCUT2D eigenvalue weighted by Crippen LogP contribution is 2.21. The fourth-order valence-corrected chi connectivity index (χ4v) is 2.32. The lowest BCUT2D eigenvalue weighted by Gasteiger charge is -2.07. The number of thioether (sulfide) groups is 1. The van der Waals surface area contributed by atoms with Crippen molar-refractivity contribution in [3.8, 4) is 0 Å². The predicted molar refractivity (Wildman–Crippen MR) is 65.0 cm³/mol. The smallest absolute Gasteiger partial charge is 0.0963 e. The van der Waals surface area contributed by atoms with E-state index >= 15 is 0 Å². The zero-order valence-electron chi connectivity index (χ0n) is 9.60. The van der Waals surface area contributed by atoms with Gasteiger partial charge in [-0.25, -0.2) is 4.98 Å². The molecule has 1 heterocycles. The average Bonchev–Trinajstić information content (AvgIpc) is 2.17. The molecule has 0 radical (unpaired) electrons. The molecule has 0 amide bonds. The van der Waals surface area contributed by atoms with Gasteiger partial charge in [-0.2, -0.15) is 0 Å². The molecule has 0 bridgehead atoms. The molecule has 1 aromatic heterocycles. The van der Waals surface area contributed by atoms with Crippen LogP contribution in [-0.2, 0) is 0 Å². The summed E-state index contributed by atoms with van der Waals surface area (Å²) in [6.45, 7) is 6.22. The van der Waals surface area contributed by atoms with Crippen molar-refractivity contribution in [2.45, 2.75) is 38.3 Å². The maximum absolute atomic E-state index is 9.42. The first kappa shape index (κ1) is 12.5. The molecule has 0 aliphatic heterocycles. The SMILES string of the molecule is CC(C)CCSc1cc(C(C)O)ccn1. The Balaban J connectivity index is 2.50. The number of aliphatic hydroxyl groups excluding tert-OH is 1. The van der Waals surface area contributed by atoms with Crippen molar-refractivity contribution in [2.24, 2.45) is 5.92 Å². The Labute approximate surface area is 96.1 Å². The first-order valence-corrected chi connectivity index (χ1v) is 6.35. The summed E-state index contributed by atoms with van der Waals surface area (Å²) in [6, 6.07) is 3.83. The Bertz CT molecular complexity index is 299. The largest absolute Gasteiger partial charge is 0.389 e. The van der Waals surface area contributed by atoms with E-state index in [4.69, 9.17) is 0 Å². The summed E-state index contributed by atoms with van der Waals surface area (Å²) < 4.78 is 0. The molecule has 0 fully saturated rings. The van der Waals surface area contributed by atoms with E-state index in [9.17, 15) is 5.11 Å². The molecule has 1 unspecified atom stereocenters. The minimum absolute atomic E-state index is 0.405. The van der Waals surface area contributed by atoms with Gasteiger partial charge in [0.2, 0.25) is 0 Å². The predicted octanol–water partition coefficient (Wildman–Crippen LogP) is 3.27. The van der Waals surface area contributed by atoms with Gasteiger partial charge in [0.25, 0.3) is 0 Å². The molecule has 0 aromatic carbocycles. The van der Waals surface area contributed by atoms with Crippen LogP contribution in [0.1, 0.15) is 38.9 Å². The van der Waals surface area contributed by atoms with E-state index in [1.54, 1.807) is 24.9 Å². The minimum atomic E-state index is -0.405. The lowest BCUT2D eigenvalue weighted by molar-refractivity contribution is 0.199. The lowest BCUT2D eigenvalue weighted by atomic mass is 10.2. The van der Waals surface area contributed by atoms with Crippen molar-refractivity contribution in [1.82, 2.24) is 4.98 Å². The molecule has 0 aliphatic carbocycles. The summed E-state index contributed by atoms with van der Waals surface area (Å²) in [6.07, 6.45) is 2.56. The highest BCUT2D eigenvalue weighted by molar-refractivity contribution is 7.99. The van der Waals surface area contributed by atoms with E-state index in [0.717, 1.165) is 22.3 Å². The molecule has 84 valence electrons.